The van der Waals surface area contributed by atoms with E-state index in [1.54, 1.807) is 0 Å². The Morgan fingerprint density at radius 3 is 2.56 bits per heavy atom. The smallest absolute Gasteiger partial charge is 0.00574 e. The lowest BCUT2D eigenvalue weighted by Crippen LogP contribution is -1.88. The molecule has 0 heterocycles. The lowest BCUT2D eigenvalue weighted by Gasteiger charge is -2.07. The Morgan fingerprint density at radius 2 is 1.81 bits per heavy atom. The zero-order chi connectivity index (χ0) is 11.4. The van der Waals surface area contributed by atoms with Crippen molar-refractivity contribution in [2.24, 2.45) is 0 Å². The van der Waals surface area contributed by atoms with Crippen LogP contribution in [-0.4, -0.2) is 5.75 Å². The summed E-state index contributed by atoms with van der Waals surface area (Å²) in [7, 11) is 0. The van der Waals surface area contributed by atoms with E-state index in [1.807, 2.05) is 0 Å². The highest BCUT2D eigenvalue weighted by Gasteiger charge is 2.01. The van der Waals surface area contributed by atoms with Gasteiger partial charge in [-0.15, -0.1) is 0 Å². The number of rotatable bonds is 3. The fourth-order valence-electron chi connectivity index (χ4n) is 1.92. The first kappa shape index (κ1) is 11.3. The van der Waals surface area contributed by atoms with Crippen LogP contribution >= 0.6 is 12.6 Å². The molecule has 0 aliphatic rings. The summed E-state index contributed by atoms with van der Waals surface area (Å²) in [5.41, 5.74) is 5.31. The van der Waals surface area contributed by atoms with Gasteiger partial charge in [0.2, 0.25) is 0 Å². The Bertz CT molecular complexity index is 474. The van der Waals surface area contributed by atoms with Gasteiger partial charge in [0.05, 0.1) is 0 Å². The lowest BCUT2D eigenvalue weighted by molar-refractivity contribution is 1.16. The van der Waals surface area contributed by atoms with E-state index in [0.29, 0.717) is 0 Å². The molecular weight excluding hydrogens is 212 g/mol. The molecule has 0 radical (unpaired) electrons. The van der Waals surface area contributed by atoms with Crippen molar-refractivity contribution in [1.82, 2.24) is 0 Å². The van der Waals surface area contributed by atoms with Crippen LogP contribution in [0, 0.1) is 6.92 Å². The van der Waals surface area contributed by atoms with Crippen LogP contribution in [0.1, 0.15) is 11.1 Å². The maximum atomic E-state index is 4.27. The van der Waals surface area contributed by atoms with Crippen LogP contribution in [0.3, 0.4) is 0 Å². The van der Waals surface area contributed by atoms with E-state index in [0.717, 1.165) is 12.2 Å². The minimum absolute atomic E-state index is 0.900. The molecule has 0 fully saturated rings. The third-order valence-electron chi connectivity index (χ3n) is 2.78. The molecule has 1 heteroatoms. The molecule has 0 N–H and O–H groups in total. The molecule has 0 amide bonds. The number of hydrogen-bond acceptors (Lipinski definition) is 1. The number of benzene rings is 2. The van der Waals surface area contributed by atoms with Gasteiger partial charge in [-0.25, -0.2) is 0 Å². The summed E-state index contributed by atoms with van der Waals surface area (Å²) in [5, 5.41) is 0. The first-order valence-electron chi connectivity index (χ1n) is 5.57. The third-order valence-corrected chi connectivity index (χ3v) is 3.01. The predicted molar refractivity (Wildman–Crippen MR) is 74.2 cm³/mol. The molecular formula is C15H16S. The summed E-state index contributed by atoms with van der Waals surface area (Å²) in [6.45, 7) is 2.15. The average Bonchev–Trinajstić information content (AvgIpc) is 2.30. The summed E-state index contributed by atoms with van der Waals surface area (Å²) >= 11 is 4.27. The third kappa shape index (κ3) is 2.48. The van der Waals surface area contributed by atoms with Gasteiger partial charge >= 0.3 is 0 Å². The minimum atomic E-state index is 0.900. The van der Waals surface area contributed by atoms with Crippen molar-refractivity contribution >= 4 is 12.6 Å². The molecule has 0 bridgehead atoms. The molecule has 0 atom stereocenters. The van der Waals surface area contributed by atoms with Gasteiger partial charge in [0, 0.05) is 0 Å². The van der Waals surface area contributed by atoms with Gasteiger partial charge < -0.3 is 0 Å². The molecule has 0 nitrogen and oxygen atoms in total. The highest BCUT2D eigenvalue weighted by atomic mass is 32.1. The Labute approximate surface area is 103 Å². The van der Waals surface area contributed by atoms with E-state index in [2.05, 4.69) is 68.1 Å². The zero-order valence-electron chi connectivity index (χ0n) is 9.48. The van der Waals surface area contributed by atoms with Crippen LogP contribution in [0.5, 0.6) is 0 Å². The van der Waals surface area contributed by atoms with E-state index in [1.165, 1.54) is 22.3 Å². The molecule has 0 aliphatic carbocycles. The molecule has 16 heavy (non-hydrogen) atoms. The Morgan fingerprint density at radius 1 is 1.00 bits per heavy atom. The van der Waals surface area contributed by atoms with Gasteiger partial charge in [-0.1, -0.05) is 48.5 Å². The van der Waals surface area contributed by atoms with Crippen molar-refractivity contribution in [3.05, 3.63) is 59.7 Å². The summed E-state index contributed by atoms with van der Waals surface area (Å²) in [6.07, 6.45) is 1.03. The summed E-state index contributed by atoms with van der Waals surface area (Å²) in [5.74, 6) is 0.900. The molecule has 82 valence electrons. The van der Waals surface area contributed by atoms with Gasteiger partial charge in [0.1, 0.15) is 0 Å². The molecule has 0 saturated carbocycles. The number of hydrogen-bond donors (Lipinski definition) is 1. The molecule has 0 unspecified atom stereocenters. The molecule has 0 spiro atoms. The van der Waals surface area contributed by atoms with E-state index < -0.39 is 0 Å². The van der Waals surface area contributed by atoms with Crippen LogP contribution in [0.25, 0.3) is 11.1 Å². The lowest BCUT2D eigenvalue weighted by atomic mass is 9.98. The van der Waals surface area contributed by atoms with Crippen molar-refractivity contribution in [2.45, 2.75) is 13.3 Å². The zero-order valence-corrected chi connectivity index (χ0v) is 10.4. The molecule has 0 aliphatic heterocycles. The fourth-order valence-corrected chi connectivity index (χ4v) is 2.18. The van der Waals surface area contributed by atoms with Crippen LogP contribution < -0.4 is 0 Å². The number of aryl methyl sites for hydroxylation is 2. The number of thiol groups is 1. The molecule has 0 aromatic heterocycles. The van der Waals surface area contributed by atoms with Gasteiger partial charge in [0.25, 0.3) is 0 Å². The second-order valence-corrected chi connectivity index (χ2v) is 4.44. The predicted octanol–water partition coefficient (Wildman–Crippen LogP) is 4.13. The fraction of sp³-hybridized carbons (Fsp3) is 0.200. The normalized spacial score (nSPS) is 10.4. The second kappa shape index (κ2) is 5.22. The topological polar surface area (TPSA) is 0 Å². The molecule has 0 saturated heterocycles. The van der Waals surface area contributed by atoms with Crippen molar-refractivity contribution in [2.75, 3.05) is 5.75 Å². The highest BCUT2D eigenvalue weighted by Crippen LogP contribution is 2.23. The molecule has 2 rings (SSSR count). The maximum Gasteiger partial charge on any atom is -0.00574 e. The van der Waals surface area contributed by atoms with Crippen LogP contribution in [0.2, 0.25) is 0 Å². The first-order valence-corrected chi connectivity index (χ1v) is 6.20. The van der Waals surface area contributed by atoms with Crippen molar-refractivity contribution in [3.8, 4) is 11.1 Å². The summed E-state index contributed by atoms with van der Waals surface area (Å²) in [6, 6.07) is 17.2. The first-order chi connectivity index (χ1) is 7.81. The Kier molecular flexibility index (Phi) is 3.68. The monoisotopic (exact) mass is 228 g/mol. The van der Waals surface area contributed by atoms with Crippen molar-refractivity contribution in [3.63, 3.8) is 0 Å². The van der Waals surface area contributed by atoms with Crippen molar-refractivity contribution < 1.29 is 0 Å². The quantitative estimate of drug-likeness (QED) is 0.750. The van der Waals surface area contributed by atoms with Crippen LogP contribution in [0.4, 0.5) is 0 Å². The average molecular weight is 228 g/mol. The van der Waals surface area contributed by atoms with E-state index in [9.17, 15) is 0 Å². The van der Waals surface area contributed by atoms with Gasteiger partial charge in [-0.05, 0) is 41.4 Å². The summed E-state index contributed by atoms with van der Waals surface area (Å²) in [4.78, 5) is 0. The molecule has 2 aromatic rings. The van der Waals surface area contributed by atoms with Crippen molar-refractivity contribution in [1.29, 1.82) is 0 Å². The van der Waals surface area contributed by atoms with Gasteiger partial charge in [0.15, 0.2) is 0 Å². The van der Waals surface area contributed by atoms with Crippen LogP contribution in [-0.2, 0) is 6.42 Å². The second-order valence-electron chi connectivity index (χ2n) is 3.99. The summed E-state index contributed by atoms with van der Waals surface area (Å²) < 4.78 is 0. The van der Waals surface area contributed by atoms with E-state index in [-0.39, 0.29) is 0 Å². The Hall–Kier alpha value is -1.21. The maximum absolute atomic E-state index is 4.27. The van der Waals surface area contributed by atoms with E-state index in [4.69, 9.17) is 0 Å². The molecule has 2 aromatic carbocycles. The van der Waals surface area contributed by atoms with Crippen LogP contribution in [0.15, 0.2) is 48.5 Å². The minimum Gasteiger partial charge on any atom is -0.179 e. The largest absolute Gasteiger partial charge is 0.179 e. The Balaban J connectivity index is 2.40. The van der Waals surface area contributed by atoms with Gasteiger partial charge in [-0.3, -0.25) is 0 Å². The SMILES string of the molecule is Cc1ccccc1-c1cccc(CCS)c1. The van der Waals surface area contributed by atoms with E-state index >= 15 is 0 Å². The van der Waals surface area contributed by atoms with Gasteiger partial charge in [-0.2, -0.15) is 12.6 Å². The highest BCUT2D eigenvalue weighted by molar-refractivity contribution is 7.80. The standard InChI is InChI=1S/C15H16S/c1-12-5-2-3-8-15(12)14-7-4-6-13(11-14)9-10-16/h2-8,11,16H,9-10H2,1H3.